The second-order valence-electron chi connectivity index (χ2n) is 6.89. The minimum atomic E-state index is -0.396. The number of piperazine rings is 1. The molecule has 8 heteroatoms. The molecule has 2 aliphatic heterocycles. The first kappa shape index (κ1) is 19.7. The van der Waals surface area contributed by atoms with Crippen molar-refractivity contribution in [2.75, 3.05) is 36.0 Å². The monoisotopic (exact) mass is 481 g/mol. The summed E-state index contributed by atoms with van der Waals surface area (Å²) in [6, 6.07) is 12.4. The topological polar surface area (TPSA) is 43.9 Å². The highest BCUT2D eigenvalue weighted by Crippen LogP contribution is 2.30. The molecule has 4 rings (SSSR count). The van der Waals surface area contributed by atoms with Crippen molar-refractivity contribution < 1.29 is 9.59 Å². The van der Waals surface area contributed by atoms with E-state index >= 15 is 0 Å². The van der Waals surface area contributed by atoms with Crippen molar-refractivity contribution in [3.63, 3.8) is 0 Å². The number of nitrogens with zero attached hydrogens (tertiary/aromatic N) is 3. The zero-order chi connectivity index (χ0) is 19.8. The summed E-state index contributed by atoms with van der Waals surface area (Å²) in [6.07, 6.45) is 0.224. The second-order valence-corrected chi connectivity index (χ2v) is 8.62. The Morgan fingerprint density at radius 2 is 1.50 bits per heavy atom. The van der Waals surface area contributed by atoms with Gasteiger partial charge >= 0.3 is 0 Å². The van der Waals surface area contributed by atoms with Gasteiger partial charge in [-0.05, 0) is 42.5 Å². The molecule has 2 aromatic carbocycles. The van der Waals surface area contributed by atoms with Crippen LogP contribution in [0.5, 0.6) is 0 Å². The lowest BCUT2D eigenvalue weighted by Gasteiger charge is -2.38. The van der Waals surface area contributed by atoms with E-state index in [-0.39, 0.29) is 18.2 Å². The summed E-state index contributed by atoms with van der Waals surface area (Å²) < 4.78 is 0.908. The summed E-state index contributed by atoms with van der Waals surface area (Å²) in [6.45, 7) is 2.93. The average Bonchev–Trinajstić information content (AvgIpc) is 2.99. The van der Waals surface area contributed by atoms with Crippen molar-refractivity contribution in [3.8, 4) is 0 Å². The molecule has 1 atom stereocenters. The highest BCUT2D eigenvalue weighted by atomic mass is 79.9. The lowest BCUT2D eigenvalue weighted by molar-refractivity contribution is -0.123. The molecular formula is C20H18BrCl2N3O2. The fourth-order valence-electron chi connectivity index (χ4n) is 3.74. The molecule has 0 bridgehead atoms. The van der Waals surface area contributed by atoms with Crippen molar-refractivity contribution in [3.05, 3.63) is 57.0 Å². The minimum Gasteiger partial charge on any atom is -0.369 e. The molecule has 0 aromatic heterocycles. The quantitative estimate of drug-likeness (QED) is 0.614. The van der Waals surface area contributed by atoms with Gasteiger partial charge < -0.3 is 4.90 Å². The molecule has 0 saturated carbocycles. The SMILES string of the molecule is O=C1C[C@H](N2CCN(c3ccc(Cl)c(Cl)c3)CC2)C(=O)N1c1ccc(Br)cc1. The van der Waals surface area contributed by atoms with E-state index in [1.165, 1.54) is 4.90 Å². The lowest BCUT2D eigenvalue weighted by Crippen LogP contribution is -2.52. The summed E-state index contributed by atoms with van der Waals surface area (Å²) in [5, 5.41) is 1.07. The van der Waals surface area contributed by atoms with Crippen LogP contribution in [-0.2, 0) is 9.59 Å². The van der Waals surface area contributed by atoms with Gasteiger partial charge in [-0.25, -0.2) is 4.90 Å². The average molecular weight is 483 g/mol. The van der Waals surface area contributed by atoms with Gasteiger partial charge in [0.2, 0.25) is 5.91 Å². The van der Waals surface area contributed by atoms with E-state index < -0.39 is 6.04 Å². The van der Waals surface area contributed by atoms with E-state index in [2.05, 4.69) is 25.7 Å². The number of hydrogen-bond acceptors (Lipinski definition) is 4. The fraction of sp³-hybridized carbons (Fsp3) is 0.300. The third-order valence-corrected chi connectivity index (χ3v) is 6.50. The molecule has 2 amide bonds. The summed E-state index contributed by atoms with van der Waals surface area (Å²) in [7, 11) is 0. The maximum atomic E-state index is 12.9. The number of benzene rings is 2. The Kier molecular flexibility index (Phi) is 5.65. The Hall–Kier alpha value is -1.60. The first-order chi connectivity index (χ1) is 13.4. The summed E-state index contributed by atoms with van der Waals surface area (Å²) >= 11 is 15.5. The van der Waals surface area contributed by atoms with Gasteiger partial charge in [0, 0.05) is 36.3 Å². The van der Waals surface area contributed by atoms with Crippen molar-refractivity contribution in [1.29, 1.82) is 0 Å². The number of halogens is 3. The van der Waals surface area contributed by atoms with Gasteiger partial charge in [-0.1, -0.05) is 39.1 Å². The molecule has 2 saturated heterocycles. The van der Waals surface area contributed by atoms with E-state index in [1.807, 2.05) is 24.3 Å². The Balaban J connectivity index is 1.43. The zero-order valence-electron chi connectivity index (χ0n) is 14.9. The standard InChI is InChI=1S/C20H18BrCl2N3O2/c21-13-1-3-14(4-2-13)26-19(27)12-18(20(26)28)25-9-7-24(8-10-25)15-5-6-16(22)17(23)11-15/h1-6,11,18H,7-10,12H2/t18-/m0/s1. The van der Waals surface area contributed by atoms with Gasteiger partial charge in [0.05, 0.1) is 28.2 Å². The van der Waals surface area contributed by atoms with Crippen LogP contribution in [0.25, 0.3) is 0 Å². The Bertz CT molecular complexity index is 914. The van der Waals surface area contributed by atoms with Crippen molar-refractivity contribution in [1.82, 2.24) is 4.90 Å². The number of carbonyl (C=O) groups is 2. The highest BCUT2D eigenvalue weighted by Gasteiger charge is 2.43. The van der Waals surface area contributed by atoms with Gasteiger partial charge in [0.1, 0.15) is 0 Å². The molecule has 2 heterocycles. The number of rotatable bonds is 3. The summed E-state index contributed by atoms with van der Waals surface area (Å²) in [4.78, 5) is 31.1. The molecule has 2 aromatic rings. The van der Waals surface area contributed by atoms with Crippen molar-refractivity contribution in [2.24, 2.45) is 0 Å². The predicted molar refractivity (Wildman–Crippen MR) is 115 cm³/mol. The molecule has 2 fully saturated rings. The van der Waals surface area contributed by atoms with Gasteiger partial charge in [-0.15, -0.1) is 0 Å². The number of amides is 2. The van der Waals surface area contributed by atoms with Crippen LogP contribution < -0.4 is 9.80 Å². The van der Waals surface area contributed by atoms with Crippen LogP contribution in [-0.4, -0.2) is 48.9 Å². The molecule has 28 heavy (non-hydrogen) atoms. The molecule has 0 spiro atoms. The van der Waals surface area contributed by atoms with Crippen LogP contribution >= 0.6 is 39.1 Å². The van der Waals surface area contributed by atoms with Crippen LogP contribution in [0.4, 0.5) is 11.4 Å². The van der Waals surface area contributed by atoms with Gasteiger partial charge in [0.25, 0.3) is 5.91 Å². The molecule has 0 N–H and O–H groups in total. The van der Waals surface area contributed by atoms with E-state index in [4.69, 9.17) is 23.2 Å². The molecule has 5 nitrogen and oxygen atoms in total. The van der Waals surface area contributed by atoms with Gasteiger partial charge in [0.15, 0.2) is 0 Å². The molecule has 0 aliphatic carbocycles. The molecule has 2 aliphatic rings. The van der Waals surface area contributed by atoms with Crippen LogP contribution in [0.2, 0.25) is 10.0 Å². The zero-order valence-corrected chi connectivity index (χ0v) is 18.0. The van der Waals surface area contributed by atoms with E-state index in [0.29, 0.717) is 28.8 Å². The molecule has 0 unspecified atom stereocenters. The van der Waals surface area contributed by atoms with Crippen LogP contribution in [0.1, 0.15) is 6.42 Å². The normalized spacial score (nSPS) is 20.9. The highest BCUT2D eigenvalue weighted by molar-refractivity contribution is 9.10. The maximum absolute atomic E-state index is 12.9. The summed E-state index contributed by atoms with van der Waals surface area (Å²) in [5.74, 6) is -0.292. The molecule has 0 radical (unpaired) electrons. The first-order valence-corrected chi connectivity index (χ1v) is 10.6. The van der Waals surface area contributed by atoms with Gasteiger partial charge in [-0.2, -0.15) is 0 Å². The Morgan fingerprint density at radius 1 is 0.857 bits per heavy atom. The third-order valence-electron chi connectivity index (χ3n) is 5.23. The smallest absolute Gasteiger partial charge is 0.251 e. The molecule has 146 valence electrons. The van der Waals surface area contributed by atoms with Gasteiger partial charge in [-0.3, -0.25) is 14.5 Å². The van der Waals surface area contributed by atoms with Crippen LogP contribution in [0, 0.1) is 0 Å². The van der Waals surface area contributed by atoms with E-state index in [1.54, 1.807) is 18.2 Å². The lowest BCUT2D eigenvalue weighted by atomic mass is 10.1. The predicted octanol–water partition coefficient (Wildman–Crippen LogP) is 4.21. The van der Waals surface area contributed by atoms with E-state index in [0.717, 1.165) is 23.2 Å². The Morgan fingerprint density at radius 3 is 2.14 bits per heavy atom. The second kappa shape index (κ2) is 8.03. The van der Waals surface area contributed by atoms with Crippen molar-refractivity contribution in [2.45, 2.75) is 12.5 Å². The van der Waals surface area contributed by atoms with Crippen molar-refractivity contribution >= 4 is 62.3 Å². The minimum absolute atomic E-state index is 0.143. The fourth-order valence-corrected chi connectivity index (χ4v) is 4.29. The number of anilines is 2. The van der Waals surface area contributed by atoms with Crippen LogP contribution in [0.3, 0.4) is 0 Å². The maximum Gasteiger partial charge on any atom is 0.251 e. The first-order valence-electron chi connectivity index (χ1n) is 9.00. The number of hydrogen-bond donors (Lipinski definition) is 0. The van der Waals surface area contributed by atoms with E-state index in [9.17, 15) is 9.59 Å². The number of carbonyl (C=O) groups excluding carboxylic acids is 2. The summed E-state index contributed by atoms with van der Waals surface area (Å²) in [5.41, 5.74) is 1.63. The van der Waals surface area contributed by atoms with Crippen LogP contribution in [0.15, 0.2) is 46.9 Å². The third kappa shape index (κ3) is 3.79. The Labute approximate surface area is 181 Å². The molecular weight excluding hydrogens is 465 g/mol. The largest absolute Gasteiger partial charge is 0.369 e. The number of imide groups is 1.